The molecular weight excluding hydrogens is 563 g/mol. The molecule has 0 aromatic heterocycles. The number of ether oxygens (including phenoxy) is 3. The molecule has 0 atom stereocenters. The lowest BCUT2D eigenvalue weighted by Crippen LogP contribution is -2.21. The van der Waals surface area contributed by atoms with Crippen molar-refractivity contribution in [2.75, 3.05) is 31.0 Å². The van der Waals surface area contributed by atoms with Crippen molar-refractivity contribution >= 4 is 68.3 Å². The number of hydrogen-bond acceptors (Lipinski definition) is 6. The molecule has 0 fully saturated rings. The Bertz CT molecular complexity index is 1240. The van der Waals surface area contributed by atoms with Crippen LogP contribution in [0.3, 0.4) is 0 Å². The van der Waals surface area contributed by atoms with E-state index in [1.54, 1.807) is 30.3 Å². The van der Waals surface area contributed by atoms with Gasteiger partial charge in [0.15, 0.2) is 24.7 Å². The molecule has 11 heteroatoms. The van der Waals surface area contributed by atoms with E-state index in [0.717, 1.165) is 4.47 Å². The zero-order chi connectivity index (χ0) is 25.4. The molecule has 8 nitrogen and oxygen atoms in total. The number of nitrogens with one attached hydrogen (secondary N) is 2. The summed E-state index contributed by atoms with van der Waals surface area (Å²) in [5, 5.41) is 5.91. The second-order valence-electron chi connectivity index (χ2n) is 6.96. The topological polar surface area (TPSA) is 103 Å². The third-order valence-corrected chi connectivity index (χ3v) is 5.50. The molecule has 2 N–H and O–H groups in total. The van der Waals surface area contributed by atoms with Gasteiger partial charge in [0, 0.05) is 15.2 Å². The maximum absolute atomic E-state index is 12.4. The van der Waals surface area contributed by atoms with Crippen molar-refractivity contribution in [3.8, 4) is 11.5 Å². The van der Waals surface area contributed by atoms with Gasteiger partial charge >= 0.3 is 5.97 Å². The molecule has 3 aromatic carbocycles. The molecule has 2 amide bonds. The highest BCUT2D eigenvalue weighted by Crippen LogP contribution is 2.29. The SMILES string of the molecule is COc1cc(C(=O)OCC(=O)Nc2ccc(Cl)cc2Cl)ccc1OCC(=O)Nc1ccc(Br)cc1. The van der Waals surface area contributed by atoms with E-state index in [-0.39, 0.29) is 34.6 Å². The fraction of sp³-hybridized carbons (Fsp3) is 0.125. The lowest BCUT2D eigenvalue weighted by atomic mass is 10.2. The van der Waals surface area contributed by atoms with E-state index in [2.05, 4.69) is 26.6 Å². The Morgan fingerprint density at radius 1 is 0.857 bits per heavy atom. The van der Waals surface area contributed by atoms with E-state index in [4.69, 9.17) is 37.4 Å². The molecule has 35 heavy (non-hydrogen) atoms. The summed E-state index contributed by atoms with van der Waals surface area (Å²) in [5.41, 5.74) is 1.09. The van der Waals surface area contributed by atoms with Crippen molar-refractivity contribution in [2.24, 2.45) is 0 Å². The minimum absolute atomic E-state index is 0.130. The average Bonchev–Trinajstić information content (AvgIpc) is 2.84. The minimum atomic E-state index is -0.750. The highest BCUT2D eigenvalue weighted by Gasteiger charge is 2.16. The summed E-state index contributed by atoms with van der Waals surface area (Å²) in [6.45, 7) is -0.807. The summed E-state index contributed by atoms with van der Waals surface area (Å²) in [7, 11) is 1.39. The van der Waals surface area contributed by atoms with Gasteiger partial charge in [-0.3, -0.25) is 9.59 Å². The molecule has 0 spiro atoms. The Morgan fingerprint density at radius 2 is 1.57 bits per heavy atom. The van der Waals surface area contributed by atoms with E-state index < -0.39 is 18.5 Å². The number of hydrogen-bond donors (Lipinski definition) is 2. The predicted molar refractivity (Wildman–Crippen MR) is 137 cm³/mol. The standard InChI is InChI=1S/C24H19BrCl2N2O6/c1-33-21-10-14(24(32)35-13-23(31)29-19-8-5-16(26)11-18(19)27)2-9-20(21)34-12-22(30)28-17-6-3-15(25)4-7-17/h2-11H,12-13H2,1H3,(H,28,30)(H,29,31). The van der Waals surface area contributed by atoms with Crippen LogP contribution in [0.15, 0.2) is 65.1 Å². The smallest absolute Gasteiger partial charge is 0.338 e. The van der Waals surface area contributed by atoms with Gasteiger partial charge < -0.3 is 24.8 Å². The fourth-order valence-corrected chi connectivity index (χ4v) is 3.50. The summed E-state index contributed by atoms with van der Waals surface area (Å²) < 4.78 is 16.7. The number of benzene rings is 3. The van der Waals surface area contributed by atoms with Gasteiger partial charge in [-0.1, -0.05) is 39.1 Å². The molecule has 3 aromatic rings. The molecule has 0 aliphatic heterocycles. The summed E-state index contributed by atoms with van der Waals surface area (Å²) in [4.78, 5) is 36.6. The number of anilines is 2. The van der Waals surface area contributed by atoms with Crippen molar-refractivity contribution in [3.63, 3.8) is 0 Å². The van der Waals surface area contributed by atoms with Gasteiger partial charge in [0.1, 0.15) is 0 Å². The zero-order valence-electron chi connectivity index (χ0n) is 18.3. The number of esters is 1. The predicted octanol–water partition coefficient (Wildman–Crippen LogP) is 5.58. The first kappa shape index (κ1) is 26.3. The summed E-state index contributed by atoms with van der Waals surface area (Å²) in [6, 6.07) is 15.9. The average molecular weight is 582 g/mol. The fourth-order valence-electron chi connectivity index (χ4n) is 2.78. The molecule has 0 aliphatic carbocycles. The Morgan fingerprint density at radius 3 is 2.26 bits per heavy atom. The van der Waals surface area contributed by atoms with Gasteiger partial charge in [0.25, 0.3) is 11.8 Å². The second-order valence-corrected chi connectivity index (χ2v) is 8.72. The molecule has 0 saturated heterocycles. The number of halogens is 3. The molecule has 0 heterocycles. The highest BCUT2D eigenvalue weighted by atomic mass is 79.9. The number of amides is 2. The third-order valence-electron chi connectivity index (χ3n) is 4.43. The van der Waals surface area contributed by atoms with Gasteiger partial charge in [0.2, 0.25) is 0 Å². The summed E-state index contributed by atoms with van der Waals surface area (Å²) >= 11 is 15.2. The monoisotopic (exact) mass is 580 g/mol. The Labute approximate surface area is 219 Å². The largest absolute Gasteiger partial charge is 0.493 e. The van der Waals surface area contributed by atoms with E-state index in [0.29, 0.717) is 16.4 Å². The maximum Gasteiger partial charge on any atom is 0.338 e. The van der Waals surface area contributed by atoms with Crippen molar-refractivity contribution in [1.82, 2.24) is 0 Å². The zero-order valence-corrected chi connectivity index (χ0v) is 21.4. The van der Waals surface area contributed by atoms with Gasteiger partial charge in [-0.15, -0.1) is 0 Å². The van der Waals surface area contributed by atoms with E-state index in [9.17, 15) is 14.4 Å². The molecule has 0 bridgehead atoms. The number of methoxy groups -OCH3 is 1. The van der Waals surface area contributed by atoms with Crippen molar-refractivity contribution in [2.45, 2.75) is 0 Å². The van der Waals surface area contributed by atoms with Crippen LogP contribution < -0.4 is 20.1 Å². The Kier molecular flexibility index (Phi) is 9.36. The molecule has 182 valence electrons. The summed E-state index contributed by atoms with van der Waals surface area (Å²) in [6.07, 6.45) is 0. The Hall–Kier alpha value is -3.27. The van der Waals surface area contributed by atoms with Gasteiger partial charge in [-0.25, -0.2) is 4.79 Å². The van der Waals surface area contributed by atoms with Crippen LogP contribution >= 0.6 is 39.1 Å². The molecule has 0 saturated carbocycles. The Balaban J connectivity index is 1.53. The van der Waals surface area contributed by atoms with Crippen molar-refractivity contribution in [3.05, 3.63) is 80.7 Å². The number of rotatable bonds is 9. The molecular formula is C24H19BrCl2N2O6. The quantitative estimate of drug-likeness (QED) is 0.320. The summed E-state index contributed by atoms with van der Waals surface area (Å²) in [5.74, 6) is -1.23. The first-order valence-corrected chi connectivity index (χ1v) is 11.6. The van der Waals surface area contributed by atoms with Crippen LogP contribution in [0.5, 0.6) is 11.5 Å². The van der Waals surface area contributed by atoms with Crippen LogP contribution in [-0.4, -0.2) is 38.1 Å². The van der Waals surface area contributed by atoms with Crippen LogP contribution in [0.4, 0.5) is 11.4 Å². The minimum Gasteiger partial charge on any atom is -0.493 e. The van der Waals surface area contributed by atoms with Crippen LogP contribution in [0.1, 0.15) is 10.4 Å². The van der Waals surface area contributed by atoms with E-state index >= 15 is 0 Å². The number of carbonyl (C=O) groups excluding carboxylic acids is 3. The maximum atomic E-state index is 12.4. The van der Waals surface area contributed by atoms with Gasteiger partial charge in [0.05, 0.1) is 23.4 Å². The first-order chi connectivity index (χ1) is 16.7. The normalized spacial score (nSPS) is 10.3. The van der Waals surface area contributed by atoms with Gasteiger partial charge in [-0.2, -0.15) is 0 Å². The third kappa shape index (κ3) is 7.88. The van der Waals surface area contributed by atoms with Crippen molar-refractivity contribution in [1.29, 1.82) is 0 Å². The molecule has 0 radical (unpaired) electrons. The van der Waals surface area contributed by atoms with Crippen molar-refractivity contribution < 1.29 is 28.6 Å². The highest BCUT2D eigenvalue weighted by molar-refractivity contribution is 9.10. The second kappa shape index (κ2) is 12.4. The van der Waals surface area contributed by atoms with E-state index in [1.165, 1.54) is 37.4 Å². The lowest BCUT2D eigenvalue weighted by Gasteiger charge is -2.12. The lowest BCUT2D eigenvalue weighted by molar-refractivity contribution is -0.119. The number of carbonyl (C=O) groups is 3. The molecule has 0 unspecified atom stereocenters. The first-order valence-electron chi connectivity index (χ1n) is 10.0. The molecule has 3 rings (SSSR count). The van der Waals surface area contributed by atoms with Crippen LogP contribution in [0.2, 0.25) is 10.0 Å². The van der Waals surface area contributed by atoms with Crippen LogP contribution in [-0.2, 0) is 14.3 Å². The van der Waals surface area contributed by atoms with Crippen LogP contribution in [0, 0.1) is 0 Å². The molecule has 0 aliphatic rings. The van der Waals surface area contributed by atoms with Crippen LogP contribution in [0.25, 0.3) is 0 Å². The van der Waals surface area contributed by atoms with E-state index in [1.807, 2.05) is 0 Å². The van der Waals surface area contributed by atoms with Gasteiger partial charge in [-0.05, 0) is 60.7 Å².